The molecule has 0 aromatic carbocycles. The monoisotopic (exact) mass is 166 g/mol. The van der Waals surface area contributed by atoms with Gasteiger partial charge in [0.05, 0.1) is 0 Å². The average Bonchev–Trinajstić information content (AvgIpc) is 2.06. The Hall–Kier alpha value is -0.520. The molecule has 0 spiro atoms. The molecule has 0 bridgehead atoms. The van der Waals surface area contributed by atoms with Gasteiger partial charge in [-0.1, -0.05) is 38.0 Å². The Morgan fingerprint density at radius 2 is 1.58 bits per heavy atom. The SMILES string of the molecule is CC/C=C(C)\C(CC)=C(\C)CC. The molecule has 0 saturated carbocycles. The summed E-state index contributed by atoms with van der Waals surface area (Å²) in [6.45, 7) is 11.1. The molecule has 0 amide bonds. The molecule has 0 saturated heterocycles. The maximum Gasteiger partial charge on any atom is -0.0305 e. The maximum atomic E-state index is 2.32. The molecular formula is C12H22. The lowest BCUT2D eigenvalue weighted by Crippen LogP contribution is -1.89. The van der Waals surface area contributed by atoms with Crippen molar-refractivity contribution >= 4 is 0 Å². The first kappa shape index (κ1) is 11.5. The van der Waals surface area contributed by atoms with Crippen molar-refractivity contribution in [3.63, 3.8) is 0 Å². The van der Waals surface area contributed by atoms with E-state index in [0.717, 1.165) is 6.42 Å². The molecule has 70 valence electrons. The largest absolute Gasteiger partial charge is 0.0816 e. The Bertz CT molecular complexity index is 182. The molecule has 0 aliphatic rings. The van der Waals surface area contributed by atoms with Gasteiger partial charge in [0.2, 0.25) is 0 Å². The normalized spacial score (nSPS) is 14.6. The highest BCUT2D eigenvalue weighted by atomic mass is 14.1. The molecule has 0 fully saturated rings. The van der Waals surface area contributed by atoms with Crippen LogP contribution in [0, 0.1) is 0 Å². The van der Waals surface area contributed by atoms with Crippen molar-refractivity contribution in [3.05, 3.63) is 22.8 Å². The molecule has 0 heterocycles. The lowest BCUT2D eigenvalue weighted by Gasteiger charge is -2.09. The van der Waals surface area contributed by atoms with E-state index in [0.29, 0.717) is 0 Å². The summed E-state index contributed by atoms with van der Waals surface area (Å²) >= 11 is 0. The summed E-state index contributed by atoms with van der Waals surface area (Å²) in [5.41, 5.74) is 4.57. The van der Waals surface area contributed by atoms with Crippen LogP contribution in [0.25, 0.3) is 0 Å². The van der Waals surface area contributed by atoms with E-state index in [-0.39, 0.29) is 0 Å². The van der Waals surface area contributed by atoms with Gasteiger partial charge in [0.15, 0.2) is 0 Å². The Labute approximate surface area is 77.4 Å². The third-order valence-corrected chi connectivity index (χ3v) is 2.39. The van der Waals surface area contributed by atoms with E-state index in [9.17, 15) is 0 Å². The van der Waals surface area contributed by atoms with E-state index in [2.05, 4.69) is 40.7 Å². The van der Waals surface area contributed by atoms with Crippen molar-refractivity contribution in [2.45, 2.75) is 53.9 Å². The van der Waals surface area contributed by atoms with Gasteiger partial charge in [0.25, 0.3) is 0 Å². The van der Waals surface area contributed by atoms with E-state index in [1.54, 1.807) is 11.1 Å². The van der Waals surface area contributed by atoms with Crippen LogP contribution in [0.4, 0.5) is 0 Å². The van der Waals surface area contributed by atoms with Gasteiger partial charge in [0, 0.05) is 0 Å². The molecule has 0 heteroatoms. The molecule has 0 nitrogen and oxygen atoms in total. The fourth-order valence-electron chi connectivity index (χ4n) is 1.56. The predicted octanol–water partition coefficient (Wildman–Crippen LogP) is 4.48. The molecule has 0 aromatic heterocycles. The van der Waals surface area contributed by atoms with E-state index in [4.69, 9.17) is 0 Å². The van der Waals surface area contributed by atoms with Crippen molar-refractivity contribution in [2.24, 2.45) is 0 Å². The van der Waals surface area contributed by atoms with Gasteiger partial charge in [-0.25, -0.2) is 0 Å². The third kappa shape index (κ3) is 3.25. The molecule has 0 rings (SSSR count). The summed E-state index contributed by atoms with van der Waals surface area (Å²) in [6.07, 6.45) is 5.81. The second kappa shape index (κ2) is 6.05. The average molecular weight is 166 g/mol. The van der Waals surface area contributed by atoms with Crippen molar-refractivity contribution in [2.75, 3.05) is 0 Å². The zero-order valence-electron chi connectivity index (χ0n) is 9.20. The van der Waals surface area contributed by atoms with Crippen LogP contribution in [0.1, 0.15) is 53.9 Å². The highest BCUT2D eigenvalue weighted by Crippen LogP contribution is 2.20. The molecule has 0 aromatic rings. The van der Waals surface area contributed by atoms with Gasteiger partial charge in [-0.05, 0) is 38.7 Å². The van der Waals surface area contributed by atoms with Crippen LogP contribution in [0.3, 0.4) is 0 Å². The van der Waals surface area contributed by atoms with Crippen LogP contribution in [0.2, 0.25) is 0 Å². The molecule has 0 atom stereocenters. The van der Waals surface area contributed by atoms with Gasteiger partial charge < -0.3 is 0 Å². The summed E-state index contributed by atoms with van der Waals surface area (Å²) < 4.78 is 0. The van der Waals surface area contributed by atoms with Crippen molar-refractivity contribution < 1.29 is 0 Å². The topological polar surface area (TPSA) is 0 Å². The van der Waals surface area contributed by atoms with Gasteiger partial charge in [-0.2, -0.15) is 0 Å². The summed E-state index contributed by atoms with van der Waals surface area (Å²) in [7, 11) is 0. The molecular weight excluding hydrogens is 144 g/mol. The van der Waals surface area contributed by atoms with Crippen LogP contribution in [-0.4, -0.2) is 0 Å². The Morgan fingerprint density at radius 3 is 1.92 bits per heavy atom. The molecule has 0 unspecified atom stereocenters. The summed E-state index contributed by atoms with van der Waals surface area (Å²) in [5.74, 6) is 0. The van der Waals surface area contributed by atoms with Gasteiger partial charge in [0.1, 0.15) is 0 Å². The Morgan fingerprint density at radius 1 is 1.00 bits per heavy atom. The van der Waals surface area contributed by atoms with Gasteiger partial charge in [-0.15, -0.1) is 0 Å². The second-order valence-electron chi connectivity index (χ2n) is 3.26. The van der Waals surface area contributed by atoms with Crippen molar-refractivity contribution in [1.82, 2.24) is 0 Å². The minimum Gasteiger partial charge on any atom is -0.0816 e. The molecule has 0 aliphatic carbocycles. The smallest absolute Gasteiger partial charge is 0.0305 e. The fourth-order valence-corrected chi connectivity index (χ4v) is 1.56. The molecule has 0 N–H and O–H groups in total. The summed E-state index contributed by atoms with van der Waals surface area (Å²) in [4.78, 5) is 0. The molecule has 0 radical (unpaired) electrons. The number of hydrogen-bond donors (Lipinski definition) is 0. The van der Waals surface area contributed by atoms with Gasteiger partial charge >= 0.3 is 0 Å². The molecule has 0 aliphatic heterocycles. The van der Waals surface area contributed by atoms with E-state index >= 15 is 0 Å². The van der Waals surface area contributed by atoms with Crippen LogP contribution in [0.5, 0.6) is 0 Å². The first-order chi connectivity index (χ1) is 5.67. The van der Waals surface area contributed by atoms with Gasteiger partial charge in [-0.3, -0.25) is 0 Å². The lowest BCUT2D eigenvalue weighted by atomic mass is 9.97. The maximum absolute atomic E-state index is 2.32. The van der Waals surface area contributed by atoms with E-state index in [1.807, 2.05) is 0 Å². The summed E-state index contributed by atoms with van der Waals surface area (Å²) in [5, 5.41) is 0. The predicted molar refractivity (Wildman–Crippen MR) is 57.3 cm³/mol. The lowest BCUT2D eigenvalue weighted by molar-refractivity contribution is 0.985. The Kier molecular flexibility index (Phi) is 5.79. The van der Waals surface area contributed by atoms with Crippen molar-refractivity contribution in [3.8, 4) is 0 Å². The minimum absolute atomic E-state index is 1.15. The zero-order chi connectivity index (χ0) is 9.56. The zero-order valence-corrected chi connectivity index (χ0v) is 9.20. The first-order valence-corrected chi connectivity index (χ1v) is 5.03. The fraction of sp³-hybridized carbons (Fsp3) is 0.667. The summed E-state index contributed by atoms with van der Waals surface area (Å²) in [6, 6.07) is 0. The minimum atomic E-state index is 1.15. The third-order valence-electron chi connectivity index (χ3n) is 2.39. The molecule has 12 heavy (non-hydrogen) atoms. The number of allylic oxidation sites excluding steroid dienone is 4. The van der Waals surface area contributed by atoms with E-state index in [1.165, 1.54) is 18.4 Å². The number of rotatable bonds is 4. The Balaban J connectivity index is 4.66. The highest BCUT2D eigenvalue weighted by Gasteiger charge is 2.00. The quantitative estimate of drug-likeness (QED) is 0.540. The number of hydrogen-bond acceptors (Lipinski definition) is 0. The van der Waals surface area contributed by atoms with Crippen molar-refractivity contribution in [1.29, 1.82) is 0 Å². The van der Waals surface area contributed by atoms with Crippen LogP contribution in [0.15, 0.2) is 22.8 Å². The highest BCUT2D eigenvalue weighted by molar-refractivity contribution is 5.32. The van der Waals surface area contributed by atoms with Crippen LogP contribution >= 0.6 is 0 Å². The van der Waals surface area contributed by atoms with Crippen LogP contribution in [-0.2, 0) is 0 Å². The van der Waals surface area contributed by atoms with E-state index < -0.39 is 0 Å². The van der Waals surface area contributed by atoms with Crippen LogP contribution < -0.4 is 0 Å². The second-order valence-corrected chi connectivity index (χ2v) is 3.26. The standard InChI is InChI=1S/C12H22/c1-6-9-11(5)12(8-3)10(4)7-2/h9H,6-8H2,1-5H3/b11-9-,12-10-. The first-order valence-electron chi connectivity index (χ1n) is 5.03.